The molecule has 2 aromatic carbocycles. The van der Waals surface area contributed by atoms with Crippen molar-refractivity contribution in [2.75, 3.05) is 0 Å². The minimum atomic E-state index is 1.11. The second kappa shape index (κ2) is 8.48. The SMILES string of the molecule is Brc1cc(Br)cc(C=C2CCC(=Cc3cc(Br)cc(Br)c3)CC2)c1. The minimum Gasteiger partial charge on any atom is -0.0690 e. The van der Waals surface area contributed by atoms with E-state index < -0.39 is 0 Å². The van der Waals surface area contributed by atoms with Gasteiger partial charge < -0.3 is 0 Å². The van der Waals surface area contributed by atoms with Crippen LogP contribution < -0.4 is 0 Å². The first-order chi connectivity index (χ1) is 11.5. The van der Waals surface area contributed by atoms with Crippen LogP contribution >= 0.6 is 63.7 Å². The second-order valence-electron chi connectivity index (χ2n) is 6.01. The van der Waals surface area contributed by atoms with Gasteiger partial charge in [0.1, 0.15) is 0 Å². The molecule has 0 unspecified atom stereocenters. The van der Waals surface area contributed by atoms with Crippen LogP contribution in [0.1, 0.15) is 36.8 Å². The van der Waals surface area contributed by atoms with Gasteiger partial charge in [0.2, 0.25) is 0 Å². The van der Waals surface area contributed by atoms with Gasteiger partial charge in [0.05, 0.1) is 0 Å². The molecule has 1 saturated carbocycles. The molecule has 24 heavy (non-hydrogen) atoms. The molecule has 124 valence electrons. The van der Waals surface area contributed by atoms with Crippen molar-refractivity contribution in [2.45, 2.75) is 25.7 Å². The zero-order valence-electron chi connectivity index (χ0n) is 13.0. The molecule has 0 aliphatic heterocycles. The maximum atomic E-state index is 3.56. The molecule has 0 radical (unpaired) electrons. The summed E-state index contributed by atoms with van der Waals surface area (Å²) in [6, 6.07) is 12.8. The molecular formula is C20H16Br4. The van der Waals surface area contributed by atoms with E-state index in [9.17, 15) is 0 Å². The third-order valence-corrected chi connectivity index (χ3v) is 5.88. The number of allylic oxidation sites excluding steroid dienone is 2. The third kappa shape index (κ3) is 5.42. The van der Waals surface area contributed by atoms with E-state index in [0.717, 1.165) is 43.6 Å². The lowest BCUT2D eigenvalue weighted by atomic mass is 9.88. The van der Waals surface area contributed by atoms with Crippen molar-refractivity contribution in [1.82, 2.24) is 0 Å². The van der Waals surface area contributed by atoms with Gasteiger partial charge in [-0.15, -0.1) is 0 Å². The summed E-state index contributed by atoms with van der Waals surface area (Å²) in [6.07, 6.45) is 9.25. The Labute approximate surface area is 176 Å². The fraction of sp³-hybridized carbons (Fsp3) is 0.200. The van der Waals surface area contributed by atoms with Gasteiger partial charge in [0.25, 0.3) is 0 Å². The molecule has 0 N–H and O–H groups in total. The van der Waals surface area contributed by atoms with E-state index in [1.807, 2.05) is 0 Å². The lowest BCUT2D eigenvalue weighted by molar-refractivity contribution is 0.739. The van der Waals surface area contributed by atoms with E-state index in [-0.39, 0.29) is 0 Å². The molecule has 0 nitrogen and oxygen atoms in total. The minimum absolute atomic E-state index is 1.11. The molecule has 0 spiro atoms. The van der Waals surface area contributed by atoms with E-state index in [2.05, 4.69) is 112 Å². The number of halogens is 4. The van der Waals surface area contributed by atoms with E-state index in [1.54, 1.807) is 0 Å². The fourth-order valence-corrected chi connectivity index (χ4v) is 5.63. The smallest absolute Gasteiger partial charge is 0.0192 e. The van der Waals surface area contributed by atoms with Crippen LogP contribution in [0.5, 0.6) is 0 Å². The molecule has 0 amide bonds. The highest BCUT2D eigenvalue weighted by Crippen LogP contribution is 2.32. The molecular weight excluding hydrogens is 560 g/mol. The predicted octanol–water partition coefficient (Wildman–Crippen LogP) is 8.78. The van der Waals surface area contributed by atoms with Crippen LogP contribution in [-0.4, -0.2) is 0 Å². The van der Waals surface area contributed by atoms with Crippen LogP contribution in [0.25, 0.3) is 12.2 Å². The predicted molar refractivity (Wildman–Crippen MR) is 118 cm³/mol. The maximum Gasteiger partial charge on any atom is 0.0192 e. The highest BCUT2D eigenvalue weighted by Gasteiger charge is 2.11. The van der Waals surface area contributed by atoms with Crippen LogP contribution in [0.3, 0.4) is 0 Å². The molecule has 3 rings (SSSR count). The Bertz CT molecular complexity index is 696. The standard InChI is InChI=1S/C20H16Br4/c21-17-7-15(8-18(22)11-17)5-13-1-2-14(4-3-13)6-16-9-19(23)12-20(24)10-16/h5-12H,1-4H2. The molecule has 1 aliphatic rings. The lowest BCUT2D eigenvalue weighted by Gasteiger charge is -2.18. The summed E-state index contributed by atoms with van der Waals surface area (Å²) in [6.45, 7) is 0. The van der Waals surface area contributed by atoms with E-state index in [1.165, 1.54) is 22.3 Å². The first-order valence-corrected chi connectivity index (χ1v) is 11.0. The van der Waals surface area contributed by atoms with Crippen molar-refractivity contribution in [3.05, 3.63) is 76.6 Å². The topological polar surface area (TPSA) is 0 Å². The summed E-state index contributed by atoms with van der Waals surface area (Å²) in [5.41, 5.74) is 5.59. The van der Waals surface area contributed by atoms with Crippen LogP contribution in [0.2, 0.25) is 0 Å². The van der Waals surface area contributed by atoms with Gasteiger partial charge in [-0.05, 0) is 73.2 Å². The molecule has 0 heterocycles. The first-order valence-electron chi connectivity index (χ1n) is 7.79. The average molecular weight is 576 g/mol. The number of benzene rings is 2. The van der Waals surface area contributed by atoms with Gasteiger partial charge in [-0.2, -0.15) is 0 Å². The Morgan fingerprint density at radius 1 is 0.500 bits per heavy atom. The van der Waals surface area contributed by atoms with Crippen LogP contribution in [0.15, 0.2) is 65.4 Å². The molecule has 0 saturated heterocycles. The molecule has 0 bridgehead atoms. The van der Waals surface area contributed by atoms with Gasteiger partial charge in [0.15, 0.2) is 0 Å². The van der Waals surface area contributed by atoms with Crippen molar-refractivity contribution >= 4 is 75.9 Å². The van der Waals surface area contributed by atoms with Crippen molar-refractivity contribution in [1.29, 1.82) is 0 Å². The van der Waals surface area contributed by atoms with Gasteiger partial charge in [-0.3, -0.25) is 0 Å². The molecule has 0 aromatic heterocycles. The Kier molecular flexibility index (Phi) is 6.58. The van der Waals surface area contributed by atoms with Crippen molar-refractivity contribution < 1.29 is 0 Å². The number of rotatable bonds is 2. The summed E-state index contributed by atoms with van der Waals surface area (Å²) < 4.78 is 4.45. The molecule has 0 atom stereocenters. The number of hydrogen-bond donors (Lipinski definition) is 0. The quantitative estimate of drug-likeness (QED) is 0.336. The average Bonchev–Trinajstić information content (AvgIpc) is 2.47. The van der Waals surface area contributed by atoms with E-state index in [4.69, 9.17) is 0 Å². The largest absolute Gasteiger partial charge is 0.0690 e. The van der Waals surface area contributed by atoms with Crippen LogP contribution in [-0.2, 0) is 0 Å². The van der Waals surface area contributed by atoms with E-state index >= 15 is 0 Å². The Morgan fingerprint density at radius 3 is 1.08 bits per heavy atom. The van der Waals surface area contributed by atoms with Crippen molar-refractivity contribution in [2.24, 2.45) is 0 Å². The summed E-state index contributed by atoms with van der Waals surface area (Å²) in [5, 5.41) is 0. The highest BCUT2D eigenvalue weighted by molar-refractivity contribution is 9.11. The summed E-state index contributed by atoms with van der Waals surface area (Å²) >= 11 is 14.2. The van der Waals surface area contributed by atoms with Gasteiger partial charge in [-0.25, -0.2) is 0 Å². The van der Waals surface area contributed by atoms with Crippen LogP contribution in [0, 0.1) is 0 Å². The zero-order valence-corrected chi connectivity index (χ0v) is 19.3. The molecule has 2 aromatic rings. The normalized spacial score (nSPS) is 14.7. The Morgan fingerprint density at radius 2 is 0.792 bits per heavy atom. The summed E-state index contributed by atoms with van der Waals surface area (Å²) in [5.74, 6) is 0. The summed E-state index contributed by atoms with van der Waals surface area (Å²) in [4.78, 5) is 0. The van der Waals surface area contributed by atoms with Crippen LogP contribution in [0.4, 0.5) is 0 Å². The highest BCUT2D eigenvalue weighted by atomic mass is 79.9. The van der Waals surface area contributed by atoms with Gasteiger partial charge >= 0.3 is 0 Å². The van der Waals surface area contributed by atoms with Crippen molar-refractivity contribution in [3.8, 4) is 0 Å². The van der Waals surface area contributed by atoms with E-state index in [0.29, 0.717) is 0 Å². The third-order valence-electron chi connectivity index (χ3n) is 4.05. The second-order valence-corrected chi connectivity index (χ2v) is 9.67. The summed E-state index contributed by atoms with van der Waals surface area (Å²) in [7, 11) is 0. The van der Waals surface area contributed by atoms with Crippen molar-refractivity contribution in [3.63, 3.8) is 0 Å². The number of hydrogen-bond acceptors (Lipinski definition) is 0. The Hall–Kier alpha value is -0.160. The Balaban J connectivity index is 1.71. The van der Waals surface area contributed by atoms with Gasteiger partial charge in [-0.1, -0.05) is 87.0 Å². The lowest BCUT2D eigenvalue weighted by Crippen LogP contribution is -1.97. The van der Waals surface area contributed by atoms with Gasteiger partial charge in [0, 0.05) is 17.9 Å². The zero-order chi connectivity index (χ0) is 17.1. The maximum absolute atomic E-state index is 3.56. The molecule has 1 aliphatic carbocycles. The molecule has 4 heteroatoms. The molecule has 1 fully saturated rings. The monoisotopic (exact) mass is 572 g/mol. The first kappa shape index (κ1) is 18.6. The fourth-order valence-electron chi connectivity index (χ4n) is 2.97.